The number of carbonyl (C=O) groups excluding carboxylic acids is 2. The van der Waals surface area contributed by atoms with E-state index >= 15 is 0 Å². The van der Waals surface area contributed by atoms with Crippen LogP contribution in [0, 0.1) is 0 Å². The number of ether oxygens (including phenoxy) is 1. The standard InChI is InChI=1S/C16H22N2O5S/c1-12(15(19)18(2)14-8-9-24(21,22)11-14)17-16(20)23-10-13-6-4-3-5-7-13/h3-7,12,14H,8-11H2,1-2H3,(H,17,20)/t12-,14+/m0/s1. The van der Waals surface area contributed by atoms with E-state index < -0.39 is 22.0 Å². The molecule has 1 fully saturated rings. The van der Waals surface area contributed by atoms with Gasteiger partial charge in [-0.3, -0.25) is 4.79 Å². The summed E-state index contributed by atoms with van der Waals surface area (Å²) in [6, 6.07) is 8.07. The molecule has 1 aliphatic heterocycles. The molecule has 1 saturated heterocycles. The van der Waals surface area contributed by atoms with Crippen molar-refractivity contribution in [3.63, 3.8) is 0 Å². The van der Waals surface area contributed by atoms with Gasteiger partial charge >= 0.3 is 6.09 Å². The Hall–Kier alpha value is -2.09. The lowest BCUT2D eigenvalue weighted by Gasteiger charge is -2.26. The average Bonchev–Trinajstić information content (AvgIpc) is 2.92. The van der Waals surface area contributed by atoms with E-state index in [4.69, 9.17) is 4.74 Å². The normalized spacial score (nSPS) is 20.2. The maximum absolute atomic E-state index is 12.3. The quantitative estimate of drug-likeness (QED) is 0.850. The number of amides is 2. The van der Waals surface area contributed by atoms with Crippen LogP contribution in [0.5, 0.6) is 0 Å². The molecule has 8 heteroatoms. The fraction of sp³-hybridized carbons (Fsp3) is 0.500. The topological polar surface area (TPSA) is 92.8 Å². The highest BCUT2D eigenvalue weighted by molar-refractivity contribution is 7.91. The van der Waals surface area contributed by atoms with Crippen LogP contribution in [0.3, 0.4) is 0 Å². The van der Waals surface area contributed by atoms with Crippen LogP contribution in [0.25, 0.3) is 0 Å². The number of nitrogens with zero attached hydrogens (tertiary/aromatic N) is 1. The number of rotatable bonds is 5. The molecular weight excluding hydrogens is 332 g/mol. The Morgan fingerprint density at radius 1 is 1.33 bits per heavy atom. The minimum absolute atomic E-state index is 0.0274. The van der Waals surface area contributed by atoms with E-state index in [9.17, 15) is 18.0 Å². The molecule has 0 bridgehead atoms. The summed E-state index contributed by atoms with van der Waals surface area (Å²) in [6.07, 6.45) is -0.261. The Balaban J connectivity index is 1.81. The zero-order chi connectivity index (χ0) is 17.7. The number of carbonyl (C=O) groups is 2. The van der Waals surface area contributed by atoms with Crippen molar-refractivity contribution in [3.05, 3.63) is 35.9 Å². The molecule has 0 unspecified atom stereocenters. The predicted octanol–water partition coefficient (Wildman–Crippen LogP) is 0.947. The van der Waals surface area contributed by atoms with E-state index in [1.54, 1.807) is 14.0 Å². The van der Waals surface area contributed by atoms with Gasteiger partial charge in [0.15, 0.2) is 9.84 Å². The summed E-state index contributed by atoms with van der Waals surface area (Å²) in [5, 5.41) is 2.47. The minimum Gasteiger partial charge on any atom is -0.445 e. The Kier molecular flexibility index (Phi) is 5.82. The molecule has 0 aromatic heterocycles. The van der Waals surface area contributed by atoms with Crippen molar-refractivity contribution in [2.24, 2.45) is 0 Å². The first-order valence-corrected chi connectivity index (χ1v) is 9.55. The Morgan fingerprint density at radius 2 is 2.00 bits per heavy atom. The van der Waals surface area contributed by atoms with E-state index in [1.165, 1.54) is 4.90 Å². The van der Waals surface area contributed by atoms with E-state index in [0.29, 0.717) is 6.42 Å². The molecule has 1 N–H and O–H groups in total. The lowest BCUT2D eigenvalue weighted by Crippen LogP contribution is -2.49. The van der Waals surface area contributed by atoms with Crippen molar-refractivity contribution >= 4 is 21.8 Å². The third-order valence-electron chi connectivity index (χ3n) is 4.02. The molecule has 0 spiro atoms. The van der Waals surface area contributed by atoms with Gasteiger partial charge in [-0.2, -0.15) is 0 Å². The summed E-state index contributed by atoms with van der Waals surface area (Å²) in [6.45, 7) is 1.66. The molecule has 132 valence electrons. The van der Waals surface area contributed by atoms with E-state index in [1.807, 2.05) is 30.3 Å². The fourth-order valence-corrected chi connectivity index (χ4v) is 4.34. The average molecular weight is 354 g/mol. The summed E-state index contributed by atoms with van der Waals surface area (Å²) in [4.78, 5) is 25.5. The molecule has 2 atom stereocenters. The molecule has 1 aliphatic rings. The van der Waals surface area contributed by atoms with Gasteiger partial charge in [0.25, 0.3) is 0 Å². The molecule has 24 heavy (non-hydrogen) atoms. The molecule has 1 aromatic rings. The second-order valence-electron chi connectivity index (χ2n) is 5.93. The molecule has 0 saturated carbocycles. The molecular formula is C16H22N2O5S. The zero-order valence-corrected chi connectivity index (χ0v) is 14.6. The lowest BCUT2D eigenvalue weighted by molar-refractivity contribution is -0.133. The van der Waals surface area contributed by atoms with Crippen molar-refractivity contribution in [1.29, 1.82) is 0 Å². The summed E-state index contributed by atoms with van der Waals surface area (Å²) in [5.41, 5.74) is 0.847. The number of sulfone groups is 1. The maximum Gasteiger partial charge on any atom is 0.408 e. The first kappa shape index (κ1) is 18.3. The van der Waals surface area contributed by atoms with E-state index in [2.05, 4.69) is 5.32 Å². The van der Waals surface area contributed by atoms with Crippen molar-refractivity contribution in [3.8, 4) is 0 Å². The second kappa shape index (κ2) is 7.65. The minimum atomic E-state index is -3.07. The molecule has 2 amide bonds. The van der Waals surface area contributed by atoms with Crippen molar-refractivity contribution in [2.75, 3.05) is 18.6 Å². The smallest absolute Gasteiger partial charge is 0.408 e. The van der Waals surface area contributed by atoms with Gasteiger partial charge in [-0.1, -0.05) is 30.3 Å². The third kappa shape index (κ3) is 4.95. The predicted molar refractivity (Wildman–Crippen MR) is 89.1 cm³/mol. The van der Waals surface area contributed by atoms with E-state index in [-0.39, 0.29) is 30.1 Å². The number of nitrogens with one attached hydrogen (secondary N) is 1. The van der Waals surface area contributed by atoms with Crippen molar-refractivity contribution in [2.45, 2.75) is 32.0 Å². The van der Waals surface area contributed by atoms with Gasteiger partial charge < -0.3 is 15.0 Å². The van der Waals surface area contributed by atoms with Crippen LogP contribution in [0.4, 0.5) is 4.79 Å². The van der Waals surface area contributed by atoms with Gasteiger partial charge in [-0.25, -0.2) is 13.2 Å². The Bertz CT molecular complexity index is 690. The van der Waals surface area contributed by atoms with Crippen LogP contribution < -0.4 is 5.32 Å². The van der Waals surface area contributed by atoms with Gasteiger partial charge in [0.1, 0.15) is 12.6 Å². The molecule has 7 nitrogen and oxygen atoms in total. The van der Waals surface area contributed by atoms with Crippen molar-refractivity contribution in [1.82, 2.24) is 10.2 Å². The highest BCUT2D eigenvalue weighted by Gasteiger charge is 2.34. The largest absolute Gasteiger partial charge is 0.445 e. The van der Waals surface area contributed by atoms with Crippen LogP contribution in [0.2, 0.25) is 0 Å². The summed E-state index contributed by atoms with van der Waals surface area (Å²) in [7, 11) is -1.51. The van der Waals surface area contributed by atoms with Crippen LogP contribution in [0.15, 0.2) is 30.3 Å². The highest BCUT2D eigenvalue weighted by atomic mass is 32.2. The summed E-state index contributed by atoms with van der Waals surface area (Å²) < 4.78 is 28.1. The van der Waals surface area contributed by atoms with Crippen molar-refractivity contribution < 1.29 is 22.7 Å². The Morgan fingerprint density at radius 3 is 2.58 bits per heavy atom. The summed E-state index contributed by atoms with van der Waals surface area (Å²) >= 11 is 0. The lowest BCUT2D eigenvalue weighted by atomic mass is 10.2. The van der Waals surface area contributed by atoms with Gasteiger partial charge in [0.2, 0.25) is 5.91 Å². The number of hydrogen-bond acceptors (Lipinski definition) is 5. The number of likely N-dealkylation sites (N-methyl/N-ethyl adjacent to an activating group) is 1. The molecule has 1 heterocycles. The van der Waals surface area contributed by atoms with Gasteiger partial charge in [-0.15, -0.1) is 0 Å². The first-order valence-electron chi connectivity index (χ1n) is 7.73. The second-order valence-corrected chi connectivity index (χ2v) is 8.16. The number of benzene rings is 1. The number of hydrogen-bond donors (Lipinski definition) is 1. The Labute approximate surface area is 141 Å². The van der Waals surface area contributed by atoms with E-state index in [0.717, 1.165) is 5.56 Å². The van der Waals surface area contributed by atoms with Crippen LogP contribution in [-0.2, 0) is 26.0 Å². The molecule has 0 aliphatic carbocycles. The van der Waals surface area contributed by atoms with Crippen LogP contribution >= 0.6 is 0 Å². The van der Waals surface area contributed by atoms with Crippen LogP contribution in [0.1, 0.15) is 18.9 Å². The van der Waals surface area contributed by atoms with Gasteiger partial charge in [0, 0.05) is 13.1 Å². The monoisotopic (exact) mass is 354 g/mol. The third-order valence-corrected chi connectivity index (χ3v) is 5.77. The molecule has 1 aromatic carbocycles. The number of alkyl carbamates (subject to hydrolysis) is 1. The first-order chi connectivity index (χ1) is 11.3. The van der Waals surface area contributed by atoms with Crippen LogP contribution in [-0.4, -0.2) is 56.0 Å². The SMILES string of the molecule is C[C@H](NC(=O)OCc1ccccc1)C(=O)N(C)[C@@H]1CCS(=O)(=O)C1. The van der Waals surface area contributed by atoms with Gasteiger partial charge in [0.05, 0.1) is 11.5 Å². The van der Waals surface area contributed by atoms with Gasteiger partial charge in [-0.05, 0) is 18.9 Å². The highest BCUT2D eigenvalue weighted by Crippen LogP contribution is 2.17. The summed E-state index contributed by atoms with van der Waals surface area (Å²) in [5.74, 6) is -0.273. The molecule has 2 rings (SSSR count). The maximum atomic E-state index is 12.3. The fourth-order valence-electron chi connectivity index (χ4n) is 2.57. The molecule has 0 radical (unpaired) electrons. The zero-order valence-electron chi connectivity index (χ0n) is 13.8.